The van der Waals surface area contributed by atoms with Gasteiger partial charge in [-0.05, 0) is 29.7 Å². The number of halogens is 2. The minimum atomic E-state index is -0.382. The predicted molar refractivity (Wildman–Crippen MR) is 66.4 cm³/mol. The van der Waals surface area contributed by atoms with Crippen LogP contribution in [0.3, 0.4) is 0 Å². The van der Waals surface area contributed by atoms with Crippen molar-refractivity contribution in [1.29, 1.82) is 0 Å². The normalized spacial score (nSPS) is 10.9. The number of fused-ring (bicyclic) bond motifs is 1. The minimum absolute atomic E-state index is 0.268. The Kier molecular flexibility index (Phi) is 3.22. The molecule has 1 aromatic heterocycles. The van der Waals surface area contributed by atoms with Crippen molar-refractivity contribution < 1.29 is 4.42 Å². The van der Waals surface area contributed by atoms with E-state index in [2.05, 4.69) is 0 Å². The zero-order valence-electron chi connectivity index (χ0n) is 8.72. The molecule has 84 valence electrons. The van der Waals surface area contributed by atoms with E-state index >= 15 is 0 Å². The average molecular weight is 257 g/mol. The molecule has 0 saturated carbocycles. The van der Waals surface area contributed by atoms with Crippen molar-refractivity contribution >= 4 is 34.2 Å². The van der Waals surface area contributed by atoms with E-state index in [1.807, 2.05) is 6.92 Å². The molecule has 0 fully saturated rings. The van der Waals surface area contributed by atoms with Crippen LogP contribution in [0.15, 0.2) is 27.4 Å². The first-order chi connectivity index (χ1) is 7.65. The number of benzene rings is 1. The third kappa shape index (κ3) is 1.95. The maximum atomic E-state index is 11.3. The van der Waals surface area contributed by atoms with Gasteiger partial charge in [0.15, 0.2) is 0 Å². The molecule has 0 aliphatic heterocycles. The predicted octanol–water partition coefficient (Wildman–Crippen LogP) is 3.75. The van der Waals surface area contributed by atoms with Crippen molar-refractivity contribution in [3.8, 4) is 0 Å². The molecule has 4 heteroatoms. The molecule has 2 rings (SSSR count). The summed E-state index contributed by atoms with van der Waals surface area (Å²) in [7, 11) is 0. The Bertz CT molecular complexity index is 587. The fraction of sp³-hybridized carbons (Fsp3) is 0.250. The molecule has 0 atom stereocenters. The average Bonchev–Trinajstić information content (AvgIpc) is 2.28. The Labute approximate surface area is 103 Å². The van der Waals surface area contributed by atoms with Crippen LogP contribution in [-0.4, -0.2) is 0 Å². The first kappa shape index (κ1) is 11.5. The summed E-state index contributed by atoms with van der Waals surface area (Å²) in [6.45, 7) is 2.00. The molecule has 0 unspecified atom stereocenters. The Hall–Kier alpha value is -0.990. The minimum Gasteiger partial charge on any atom is -0.423 e. The summed E-state index contributed by atoms with van der Waals surface area (Å²) in [6, 6.07) is 5.00. The number of aryl methyl sites for hydroxylation is 1. The van der Waals surface area contributed by atoms with Gasteiger partial charge in [-0.25, -0.2) is 4.79 Å². The van der Waals surface area contributed by atoms with Crippen molar-refractivity contribution in [2.45, 2.75) is 19.2 Å². The van der Waals surface area contributed by atoms with E-state index in [1.165, 1.54) is 6.07 Å². The first-order valence-electron chi connectivity index (χ1n) is 4.96. The standard InChI is InChI=1S/C12H10Cl2O2/c1-2-7-3-11-9(5-10(7)14)8(6-13)4-12(15)16-11/h3-5H,2,6H2,1H3. The molecule has 0 aliphatic carbocycles. The van der Waals surface area contributed by atoms with Gasteiger partial charge in [0.25, 0.3) is 0 Å². The summed E-state index contributed by atoms with van der Waals surface area (Å²) in [5.74, 6) is 0.268. The van der Waals surface area contributed by atoms with Gasteiger partial charge in [-0.3, -0.25) is 0 Å². The molecule has 0 N–H and O–H groups in total. The second kappa shape index (κ2) is 4.48. The molecule has 1 aromatic carbocycles. The Balaban J connectivity index is 2.84. The zero-order valence-corrected chi connectivity index (χ0v) is 10.2. The Morgan fingerprint density at radius 1 is 1.25 bits per heavy atom. The number of rotatable bonds is 2. The van der Waals surface area contributed by atoms with Crippen LogP contribution in [0.4, 0.5) is 0 Å². The molecule has 1 heterocycles. The summed E-state index contributed by atoms with van der Waals surface area (Å²) in [5.41, 5.74) is 1.87. The lowest BCUT2D eigenvalue weighted by Gasteiger charge is -2.06. The summed E-state index contributed by atoms with van der Waals surface area (Å²) in [6.07, 6.45) is 0.795. The van der Waals surface area contributed by atoms with Crippen molar-refractivity contribution in [1.82, 2.24) is 0 Å². The van der Waals surface area contributed by atoms with Crippen LogP contribution >= 0.6 is 23.2 Å². The van der Waals surface area contributed by atoms with Crippen molar-refractivity contribution in [2.24, 2.45) is 0 Å². The molecular formula is C12H10Cl2O2. The first-order valence-corrected chi connectivity index (χ1v) is 5.88. The summed E-state index contributed by atoms with van der Waals surface area (Å²) in [5, 5.41) is 1.48. The van der Waals surface area contributed by atoms with Gasteiger partial charge in [-0.1, -0.05) is 18.5 Å². The van der Waals surface area contributed by atoms with E-state index in [9.17, 15) is 4.79 Å². The molecular weight excluding hydrogens is 247 g/mol. The van der Waals surface area contributed by atoms with E-state index in [-0.39, 0.29) is 11.5 Å². The maximum Gasteiger partial charge on any atom is 0.336 e. The molecule has 2 nitrogen and oxygen atoms in total. The highest BCUT2D eigenvalue weighted by molar-refractivity contribution is 6.32. The van der Waals surface area contributed by atoms with E-state index in [0.717, 1.165) is 22.9 Å². The van der Waals surface area contributed by atoms with E-state index in [0.29, 0.717) is 10.6 Å². The SMILES string of the molecule is CCc1cc2oc(=O)cc(CCl)c2cc1Cl. The summed E-state index contributed by atoms with van der Waals surface area (Å²) >= 11 is 11.9. The Morgan fingerprint density at radius 3 is 2.62 bits per heavy atom. The van der Waals surface area contributed by atoms with Gasteiger partial charge in [0.1, 0.15) is 5.58 Å². The maximum absolute atomic E-state index is 11.3. The largest absolute Gasteiger partial charge is 0.423 e. The van der Waals surface area contributed by atoms with Gasteiger partial charge < -0.3 is 4.42 Å². The van der Waals surface area contributed by atoms with Crippen LogP contribution in [0.5, 0.6) is 0 Å². The number of hydrogen-bond donors (Lipinski definition) is 0. The molecule has 0 saturated heterocycles. The monoisotopic (exact) mass is 256 g/mol. The number of alkyl halides is 1. The third-order valence-electron chi connectivity index (χ3n) is 2.52. The van der Waals surface area contributed by atoms with Crippen LogP contribution in [0, 0.1) is 0 Å². The highest BCUT2D eigenvalue weighted by Gasteiger charge is 2.08. The highest BCUT2D eigenvalue weighted by Crippen LogP contribution is 2.26. The molecule has 0 radical (unpaired) electrons. The van der Waals surface area contributed by atoms with Gasteiger partial charge in [0.2, 0.25) is 0 Å². The summed E-state index contributed by atoms with van der Waals surface area (Å²) in [4.78, 5) is 11.3. The van der Waals surface area contributed by atoms with Gasteiger partial charge >= 0.3 is 5.63 Å². The highest BCUT2D eigenvalue weighted by atomic mass is 35.5. The van der Waals surface area contributed by atoms with Crippen LogP contribution in [0.1, 0.15) is 18.1 Å². The lowest BCUT2D eigenvalue weighted by atomic mass is 10.1. The molecule has 0 aliphatic rings. The van der Waals surface area contributed by atoms with Crippen molar-refractivity contribution in [3.63, 3.8) is 0 Å². The van der Waals surface area contributed by atoms with Gasteiger partial charge in [0, 0.05) is 22.4 Å². The van der Waals surface area contributed by atoms with Crippen LogP contribution < -0.4 is 5.63 Å². The smallest absolute Gasteiger partial charge is 0.336 e. The van der Waals surface area contributed by atoms with E-state index in [1.54, 1.807) is 12.1 Å². The second-order valence-corrected chi connectivity index (χ2v) is 4.19. The van der Waals surface area contributed by atoms with Crippen LogP contribution in [-0.2, 0) is 12.3 Å². The lowest BCUT2D eigenvalue weighted by molar-refractivity contribution is 0.559. The summed E-state index contributed by atoms with van der Waals surface area (Å²) < 4.78 is 5.13. The fourth-order valence-corrected chi connectivity index (χ4v) is 2.19. The molecule has 2 aromatic rings. The fourth-order valence-electron chi connectivity index (χ4n) is 1.67. The van der Waals surface area contributed by atoms with E-state index in [4.69, 9.17) is 27.6 Å². The van der Waals surface area contributed by atoms with Crippen LogP contribution in [0.2, 0.25) is 5.02 Å². The topological polar surface area (TPSA) is 30.2 Å². The molecule has 0 bridgehead atoms. The third-order valence-corrected chi connectivity index (χ3v) is 3.16. The number of hydrogen-bond acceptors (Lipinski definition) is 2. The van der Waals surface area contributed by atoms with E-state index < -0.39 is 0 Å². The zero-order chi connectivity index (χ0) is 11.7. The molecule has 0 amide bonds. The van der Waals surface area contributed by atoms with Crippen molar-refractivity contribution in [2.75, 3.05) is 0 Å². The van der Waals surface area contributed by atoms with Crippen LogP contribution in [0.25, 0.3) is 11.0 Å². The second-order valence-electron chi connectivity index (χ2n) is 3.52. The Morgan fingerprint density at radius 2 is 2.00 bits per heavy atom. The van der Waals surface area contributed by atoms with Gasteiger partial charge in [-0.15, -0.1) is 11.6 Å². The molecule has 16 heavy (non-hydrogen) atoms. The lowest BCUT2D eigenvalue weighted by Crippen LogP contribution is -2.00. The van der Waals surface area contributed by atoms with Gasteiger partial charge in [0.05, 0.1) is 0 Å². The van der Waals surface area contributed by atoms with Crippen molar-refractivity contribution in [3.05, 3.63) is 44.8 Å². The quantitative estimate of drug-likeness (QED) is 0.605. The molecule has 0 spiro atoms. The van der Waals surface area contributed by atoms with Gasteiger partial charge in [-0.2, -0.15) is 0 Å².